The number of nitrogens with two attached hydrogens (primary N) is 1. The molecule has 2 rings (SSSR count). The fraction of sp³-hybridized carbons (Fsp3) is 0.0769. The minimum atomic E-state index is -3.70. The second-order valence-electron chi connectivity index (χ2n) is 4.14. The molecule has 0 unspecified atom stereocenters. The van der Waals surface area contributed by atoms with Crippen molar-refractivity contribution in [1.29, 1.82) is 0 Å². The van der Waals surface area contributed by atoms with Crippen molar-refractivity contribution in [2.45, 2.75) is 11.4 Å². The summed E-state index contributed by atoms with van der Waals surface area (Å²) in [6.07, 6.45) is 0. The molecule has 0 aliphatic carbocycles. The third-order valence-corrected chi connectivity index (χ3v) is 3.92. The van der Waals surface area contributed by atoms with Crippen LogP contribution in [0.4, 0.5) is 10.1 Å². The SMILES string of the molecule is NS(=O)(=O)c1ccc(NCc2cccc(Cl)c2F)cc1. The van der Waals surface area contributed by atoms with Crippen molar-refractivity contribution in [2.75, 3.05) is 5.32 Å². The van der Waals surface area contributed by atoms with Gasteiger partial charge in [0.15, 0.2) is 0 Å². The zero-order valence-electron chi connectivity index (χ0n) is 10.3. The Morgan fingerprint density at radius 2 is 1.80 bits per heavy atom. The summed E-state index contributed by atoms with van der Waals surface area (Å²) in [7, 11) is -3.70. The molecule has 2 aromatic carbocycles. The maximum Gasteiger partial charge on any atom is 0.238 e. The van der Waals surface area contributed by atoms with Crippen molar-refractivity contribution >= 4 is 27.3 Å². The Morgan fingerprint density at radius 1 is 1.15 bits per heavy atom. The topological polar surface area (TPSA) is 72.2 Å². The smallest absolute Gasteiger partial charge is 0.238 e. The van der Waals surface area contributed by atoms with Crippen LogP contribution in [0.1, 0.15) is 5.56 Å². The Labute approximate surface area is 121 Å². The summed E-state index contributed by atoms with van der Waals surface area (Å²) >= 11 is 5.68. The van der Waals surface area contributed by atoms with Crippen molar-refractivity contribution in [3.63, 3.8) is 0 Å². The monoisotopic (exact) mass is 314 g/mol. The van der Waals surface area contributed by atoms with Gasteiger partial charge in [0.1, 0.15) is 5.82 Å². The minimum Gasteiger partial charge on any atom is -0.381 e. The molecule has 20 heavy (non-hydrogen) atoms. The molecule has 7 heteroatoms. The van der Waals surface area contributed by atoms with E-state index in [9.17, 15) is 12.8 Å². The van der Waals surface area contributed by atoms with Gasteiger partial charge in [-0.05, 0) is 30.3 Å². The van der Waals surface area contributed by atoms with Gasteiger partial charge in [-0.2, -0.15) is 0 Å². The first kappa shape index (κ1) is 14.8. The van der Waals surface area contributed by atoms with Crippen molar-refractivity contribution in [1.82, 2.24) is 0 Å². The van der Waals surface area contributed by atoms with E-state index >= 15 is 0 Å². The van der Waals surface area contributed by atoms with Crippen LogP contribution in [0.3, 0.4) is 0 Å². The second-order valence-corrected chi connectivity index (χ2v) is 6.10. The van der Waals surface area contributed by atoms with Crippen LogP contribution in [0.25, 0.3) is 0 Å². The molecule has 0 bridgehead atoms. The lowest BCUT2D eigenvalue weighted by Gasteiger charge is -2.08. The average molecular weight is 315 g/mol. The first-order valence-electron chi connectivity index (χ1n) is 5.67. The van der Waals surface area contributed by atoms with Crippen LogP contribution < -0.4 is 10.5 Å². The zero-order valence-corrected chi connectivity index (χ0v) is 11.9. The van der Waals surface area contributed by atoms with Gasteiger partial charge in [0.05, 0.1) is 9.92 Å². The quantitative estimate of drug-likeness (QED) is 0.911. The predicted molar refractivity (Wildman–Crippen MR) is 76.6 cm³/mol. The lowest BCUT2D eigenvalue weighted by atomic mass is 10.2. The van der Waals surface area contributed by atoms with E-state index in [0.717, 1.165) is 0 Å². The minimum absolute atomic E-state index is 0.0250. The standard InChI is InChI=1S/C13H12ClFN2O2S/c14-12-3-1-2-9(13(12)15)8-17-10-4-6-11(7-5-10)20(16,18)19/h1-7,17H,8H2,(H2,16,18,19). The van der Waals surface area contributed by atoms with Crippen LogP contribution >= 0.6 is 11.6 Å². The summed E-state index contributed by atoms with van der Waals surface area (Å²) < 4.78 is 35.9. The maximum atomic E-state index is 13.7. The van der Waals surface area contributed by atoms with Crippen LogP contribution in [0, 0.1) is 5.82 Å². The number of halogens is 2. The predicted octanol–water partition coefficient (Wildman–Crippen LogP) is 2.74. The number of anilines is 1. The average Bonchev–Trinajstić information content (AvgIpc) is 2.40. The van der Waals surface area contributed by atoms with Crippen LogP contribution in [0.15, 0.2) is 47.4 Å². The summed E-state index contributed by atoms with van der Waals surface area (Å²) in [6, 6.07) is 10.6. The van der Waals surface area contributed by atoms with E-state index in [2.05, 4.69) is 5.32 Å². The van der Waals surface area contributed by atoms with Gasteiger partial charge in [-0.15, -0.1) is 0 Å². The highest BCUT2D eigenvalue weighted by atomic mass is 35.5. The van der Waals surface area contributed by atoms with Crippen molar-refractivity contribution in [3.8, 4) is 0 Å². The van der Waals surface area contributed by atoms with Gasteiger partial charge in [0.2, 0.25) is 10.0 Å². The van der Waals surface area contributed by atoms with Crippen molar-refractivity contribution in [3.05, 3.63) is 58.9 Å². The Kier molecular flexibility index (Phi) is 4.27. The second kappa shape index (κ2) is 5.78. The van der Waals surface area contributed by atoms with Gasteiger partial charge >= 0.3 is 0 Å². The van der Waals surface area contributed by atoms with Gasteiger partial charge in [-0.25, -0.2) is 17.9 Å². The normalized spacial score (nSPS) is 11.3. The summed E-state index contributed by atoms with van der Waals surface area (Å²) in [5.41, 5.74) is 1.07. The molecular formula is C13H12ClFN2O2S. The lowest BCUT2D eigenvalue weighted by Crippen LogP contribution is -2.12. The van der Waals surface area contributed by atoms with Crippen LogP contribution in [-0.4, -0.2) is 8.42 Å². The summed E-state index contributed by atoms with van der Waals surface area (Å²) in [6.45, 7) is 0.237. The van der Waals surface area contributed by atoms with Crippen molar-refractivity contribution in [2.24, 2.45) is 5.14 Å². The highest BCUT2D eigenvalue weighted by Gasteiger charge is 2.08. The highest BCUT2D eigenvalue weighted by Crippen LogP contribution is 2.19. The summed E-state index contributed by atoms with van der Waals surface area (Å²) in [5, 5.41) is 8.03. The van der Waals surface area contributed by atoms with E-state index in [1.165, 1.54) is 18.2 Å². The summed E-state index contributed by atoms with van der Waals surface area (Å²) in [4.78, 5) is 0.0250. The van der Waals surface area contributed by atoms with Crippen LogP contribution in [0.2, 0.25) is 5.02 Å². The van der Waals surface area contributed by atoms with E-state index in [1.807, 2.05) is 0 Å². The fourth-order valence-corrected chi connectivity index (χ4v) is 2.35. The lowest BCUT2D eigenvalue weighted by molar-refractivity contribution is 0.598. The Hall–Kier alpha value is -1.63. The maximum absolute atomic E-state index is 13.7. The first-order valence-corrected chi connectivity index (χ1v) is 7.60. The Balaban J connectivity index is 2.10. The molecule has 106 valence electrons. The third-order valence-electron chi connectivity index (χ3n) is 2.70. The van der Waals surface area contributed by atoms with Crippen molar-refractivity contribution < 1.29 is 12.8 Å². The molecule has 0 saturated heterocycles. The van der Waals surface area contributed by atoms with Crippen LogP contribution in [-0.2, 0) is 16.6 Å². The van der Waals surface area contributed by atoms with E-state index in [-0.39, 0.29) is 16.5 Å². The van der Waals surface area contributed by atoms with E-state index < -0.39 is 15.8 Å². The number of benzene rings is 2. The van der Waals surface area contributed by atoms with E-state index in [1.54, 1.807) is 24.3 Å². The molecule has 0 aromatic heterocycles. The van der Waals surface area contributed by atoms with E-state index in [0.29, 0.717) is 11.3 Å². The van der Waals surface area contributed by atoms with Gasteiger partial charge < -0.3 is 5.32 Å². The molecule has 0 radical (unpaired) electrons. The van der Waals surface area contributed by atoms with Gasteiger partial charge in [0.25, 0.3) is 0 Å². The third kappa shape index (κ3) is 3.47. The number of rotatable bonds is 4. The Morgan fingerprint density at radius 3 is 2.40 bits per heavy atom. The molecule has 0 aliphatic heterocycles. The molecule has 0 aliphatic rings. The molecule has 0 spiro atoms. The molecule has 0 atom stereocenters. The zero-order chi connectivity index (χ0) is 14.8. The Bertz CT molecular complexity index is 718. The fourth-order valence-electron chi connectivity index (χ4n) is 1.64. The molecule has 0 fully saturated rings. The molecule has 4 nitrogen and oxygen atoms in total. The summed E-state index contributed by atoms with van der Waals surface area (Å²) in [5.74, 6) is -0.470. The molecule has 3 N–H and O–H groups in total. The number of sulfonamides is 1. The molecular weight excluding hydrogens is 303 g/mol. The number of hydrogen-bond acceptors (Lipinski definition) is 3. The molecule has 0 amide bonds. The first-order chi connectivity index (χ1) is 9.38. The van der Waals surface area contributed by atoms with E-state index in [4.69, 9.17) is 16.7 Å². The number of hydrogen-bond donors (Lipinski definition) is 2. The van der Waals surface area contributed by atoms with Crippen LogP contribution in [0.5, 0.6) is 0 Å². The highest BCUT2D eigenvalue weighted by molar-refractivity contribution is 7.89. The van der Waals surface area contributed by atoms with Gasteiger partial charge in [0, 0.05) is 17.8 Å². The largest absolute Gasteiger partial charge is 0.381 e. The van der Waals surface area contributed by atoms with Gasteiger partial charge in [-0.1, -0.05) is 23.7 Å². The molecule has 0 saturated carbocycles. The molecule has 2 aromatic rings. The van der Waals surface area contributed by atoms with Gasteiger partial charge in [-0.3, -0.25) is 0 Å². The number of nitrogens with one attached hydrogen (secondary N) is 1. The molecule has 0 heterocycles. The number of primary sulfonamides is 1.